The van der Waals surface area contributed by atoms with E-state index < -0.39 is 10.7 Å². The van der Waals surface area contributed by atoms with Gasteiger partial charge in [0.1, 0.15) is 5.82 Å². The smallest absolute Gasteiger partial charge is 0.274 e. The van der Waals surface area contributed by atoms with E-state index in [1.54, 1.807) is 0 Å². The standard InChI is InChI=1S/C14H12BrFN2O2/c1-9-12(15)3-2-4-13(9)17-8-10-7-11(16)5-6-14(10)18(19)20/h2-7,17H,8H2,1H3. The molecule has 2 aromatic rings. The van der Waals surface area contributed by atoms with Gasteiger partial charge in [-0.3, -0.25) is 10.1 Å². The molecule has 0 radical (unpaired) electrons. The second kappa shape index (κ2) is 6.00. The van der Waals surface area contributed by atoms with Crippen LogP contribution >= 0.6 is 15.9 Å². The Hall–Kier alpha value is -1.95. The fourth-order valence-corrected chi connectivity index (χ4v) is 2.23. The van der Waals surface area contributed by atoms with Crippen LogP contribution in [0.5, 0.6) is 0 Å². The van der Waals surface area contributed by atoms with Gasteiger partial charge in [0.05, 0.1) is 10.5 Å². The van der Waals surface area contributed by atoms with Crippen LogP contribution in [0.1, 0.15) is 11.1 Å². The second-order valence-electron chi connectivity index (χ2n) is 4.30. The first-order valence-electron chi connectivity index (χ1n) is 5.91. The summed E-state index contributed by atoms with van der Waals surface area (Å²) >= 11 is 3.41. The van der Waals surface area contributed by atoms with Crippen molar-refractivity contribution in [3.63, 3.8) is 0 Å². The third kappa shape index (κ3) is 3.14. The lowest BCUT2D eigenvalue weighted by molar-refractivity contribution is -0.385. The highest BCUT2D eigenvalue weighted by atomic mass is 79.9. The molecule has 104 valence electrons. The molecule has 2 aromatic carbocycles. The predicted molar refractivity (Wildman–Crippen MR) is 79.3 cm³/mol. The Bertz CT molecular complexity index is 662. The van der Waals surface area contributed by atoms with Crippen molar-refractivity contribution in [2.45, 2.75) is 13.5 Å². The van der Waals surface area contributed by atoms with Gasteiger partial charge in [0.25, 0.3) is 5.69 Å². The molecule has 20 heavy (non-hydrogen) atoms. The minimum atomic E-state index is -0.510. The SMILES string of the molecule is Cc1c(Br)cccc1NCc1cc(F)ccc1[N+](=O)[O-]. The van der Waals surface area contributed by atoms with Gasteiger partial charge in [-0.15, -0.1) is 0 Å². The van der Waals surface area contributed by atoms with Crippen LogP contribution in [-0.2, 0) is 6.54 Å². The Kier molecular flexibility index (Phi) is 4.34. The Morgan fingerprint density at radius 3 is 2.80 bits per heavy atom. The Morgan fingerprint density at radius 2 is 2.10 bits per heavy atom. The first kappa shape index (κ1) is 14.5. The molecule has 0 atom stereocenters. The highest BCUT2D eigenvalue weighted by Crippen LogP contribution is 2.25. The van der Waals surface area contributed by atoms with E-state index in [0.29, 0.717) is 5.56 Å². The van der Waals surface area contributed by atoms with Crippen molar-refractivity contribution < 1.29 is 9.31 Å². The maximum absolute atomic E-state index is 13.2. The van der Waals surface area contributed by atoms with Gasteiger partial charge in [0.2, 0.25) is 0 Å². The average molecular weight is 339 g/mol. The summed E-state index contributed by atoms with van der Waals surface area (Å²) in [5, 5.41) is 14.0. The van der Waals surface area contributed by atoms with Crippen LogP contribution in [-0.4, -0.2) is 4.92 Å². The molecule has 4 nitrogen and oxygen atoms in total. The molecule has 0 aliphatic heterocycles. The number of rotatable bonds is 4. The maximum atomic E-state index is 13.2. The minimum Gasteiger partial charge on any atom is -0.380 e. The Labute approximate surface area is 123 Å². The monoisotopic (exact) mass is 338 g/mol. The van der Waals surface area contributed by atoms with Gasteiger partial charge in [-0.2, -0.15) is 0 Å². The molecule has 0 heterocycles. The zero-order valence-electron chi connectivity index (χ0n) is 10.7. The van der Waals surface area contributed by atoms with E-state index in [1.165, 1.54) is 12.1 Å². The lowest BCUT2D eigenvalue weighted by Crippen LogP contribution is -2.05. The number of nitro benzene ring substituents is 1. The normalized spacial score (nSPS) is 10.3. The lowest BCUT2D eigenvalue weighted by Gasteiger charge is -2.11. The van der Waals surface area contributed by atoms with Crippen LogP contribution < -0.4 is 5.32 Å². The number of halogens is 2. The number of hydrogen-bond donors (Lipinski definition) is 1. The van der Waals surface area contributed by atoms with Crippen LogP contribution in [0.4, 0.5) is 15.8 Å². The van der Waals surface area contributed by atoms with Crippen molar-refractivity contribution in [3.8, 4) is 0 Å². The summed E-state index contributed by atoms with van der Waals surface area (Å²) in [7, 11) is 0. The third-order valence-electron chi connectivity index (χ3n) is 2.98. The van der Waals surface area contributed by atoms with E-state index >= 15 is 0 Å². The molecule has 1 N–H and O–H groups in total. The van der Waals surface area contributed by atoms with E-state index in [-0.39, 0.29) is 12.2 Å². The second-order valence-corrected chi connectivity index (χ2v) is 5.15. The van der Waals surface area contributed by atoms with Crippen LogP contribution in [0.25, 0.3) is 0 Å². The molecular formula is C14H12BrFN2O2. The van der Waals surface area contributed by atoms with Crippen molar-refractivity contribution in [1.29, 1.82) is 0 Å². The highest BCUT2D eigenvalue weighted by molar-refractivity contribution is 9.10. The summed E-state index contributed by atoms with van der Waals surface area (Å²) in [5.74, 6) is -0.488. The van der Waals surface area contributed by atoms with Crippen LogP contribution in [0.15, 0.2) is 40.9 Å². The molecule has 0 saturated heterocycles. The van der Waals surface area contributed by atoms with Gasteiger partial charge in [0.15, 0.2) is 0 Å². The summed E-state index contributed by atoms with van der Waals surface area (Å²) < 4.78 is 14.2. The number of benzene rings is 2. The fraction of sp³-hybridized carbons (Fsp3) is 0.143. The van der Waals surface area contributed by atoms with Gasteiger partial charge in [-0.1, -0.05) is 22.0 Å². The number of nitro groups is 1. The number of anilines is 1. The first-order valence-corrected chi connectivity index (χ1v) is 6.70. The Morgan fingerprint density at radius 1 is 1.35 bits per heavy atom. The summed E-state index contributed by atoms with van der Waals surface area (Å²) in [4.78, 5) is 10.4. The lowest BCUT2D eigenvalue weighted by atomic mass is 10.1. The molecule has 0 spiro atoms. The zero-order valence-corrected chi connectivity index (χ0v) is 12.3. The van der Waals surface area contributed by atoms with E-state index in [1.807, 2.05) is 25.1 Å². The fourth-order valence-electron chi connectivity index (χ4n) is 1.86. The average Bonchev–Trinajstić information content (AvgIpc) is 2.40. The van der Waals surface area contributed by atoms with Gasteiger partial charge in [0, 0.05) is 22.8 Å². The number of nitrogens with one attached hydrogen (secondary N) is 1. The maximum Gasteiger partial charge on any atom is 0.274 e. The van der Waals surface area contributed by atoms with E-state index in [2.05, 4.69) is 21.2 Å². The minimum absolute atomic E-state index is 0.0912. The van der Waals surface area contributed by atoms with Gasteiger partial charge in [-0.25, -0.2) is 4.39 Å². The molecule has 0 aliphatic carbocycles. The molecule has 0 bridgehead atoms. The number of hydrogen-bond acceptors (Lipinski definition) is 3. The summed E-state index contributed by atoms with van der Waals surface area (Å²) in [6.45, 7) is 2.11. The van der Waals surface area contributed by atoms with Crippen LogP contribution in [0.2, 0.25) is 0 Å². The van der Waals surface area contributed by atoms with Crippen molar-refractivity contribution in [2.75, 3.05) is 5.32 Å². The van der Waals surface area contributed by atoms with Crippen molar-refractivity contribution in [2.24, 2.45) is 0 Å². The number of nitrogens with zero attached hydrogens (tertiary/aromatic N) is 1. The molecule has 0 aromatic heterocycles. The van der Waals surface area contributed by atoms with Crippen molar-refractivity contribution in [1.82, 2.24) is 0 Å². The van der Waals surface area contributed by atoms with Crippen molar-refractivity contribution >= 4 is 27.3 Å². The molecular weight excluding hydrogens is 327 g/mol. The zero-order chi connectivity index (χ0) is 14.7. The summed E-state index contributed by atoms with van der Waals surface area (Å²) in [5.41, 5.74) is 2.06. The van der Waals surface area contributed by atoms with E-state index in [9.17, 15) is 14.5 Å². The van der Waals surface area contributed by atoms with Gasteiger partial charge < -0.3 is 5.32 Å². The quantitative estimate of drug-likeness (QED) is 0.663. The summed E-state index contributed by atoms with van der Waals surface area (Å²) in [6, 6.07) is 9.08. The first-order chi connectivity index (χ1) is 9.49. The summed E-state index contributed by atoms with van der Waals surface area (Å²) in [6.07, 6.45) is 0. The topological polar surface area (TPSA) is 55.2 Å². The van der Waals surface area contributed by atoms with Gasteiger partial charge >= 0.3 is 0 Å². The van der Waals surface area contributed by atoms with Crippen LogP contribution in [0, 0.1) is 22.9 Å². The molecule has 0 aliphatic rings. The molecule has 0 unspecified atom stereocenters. The Balaban J connectivity index is 2.24. The molecule has 2 rings (SSSR count). The van der Waals surface area contributed by atoms with Crippen LogP contribution in [0.3, 0.4) is 0 Å². The molecule has 0 fully saturated rings. The van der Waals surface area contributed by atoms with Crippen molar-refractivity contribution in [3.05, 3.63) is 67.9 Å². The third-order valence-corrected chi connectivity index (χ3v) is 3.83. The molecule has 0 saturated carbocycles. The molecule has 6 heteroatoms. The largest absolute Gasteiger partial charge is 0.380 e. The van der Waals surface area contributed by atoms with Gasteiger partial charge in [-0.05, 0) is 36.8 Å². The predicted octanol–water partition coefficient (Wildman–Crippen LogP) is 4.42. The molecule has 0 amide bonds. The van der Waals surface area contributed by atoms with E-state index in [0.717, 1.165) is 21.8 Å². The highest BCUT2D eigenvalue weighted by Gasteiger charge is 2.14. The van der Waals surface area contributed by atoms with E-state index in [4.69, 9.17) is 0 Å².